The minimum atomic E-state index is -1.57. The monoisotopic (exact) mass is 661 g/mol. The molecule has 3 N–H and O–H groups in total. The van der Waals surface area contributed by atoms with E-state index in [4.69, 9.17) is 32.7 Å². The highest BCUT2D eigenvalue weighted by atomic mass is 35.5. The van der Waals surface area contributed by atoms with E-state index in [1.807, 2.05) is 6.08 Å². The topological polar surface area (TPSA) is 134 Å². The van der Waals surface area contributed by atoms with Gasteiger partial charge >= 0.3 is 0 Å². The van der Waals surface area contributed by atoms with Gasteiger partial charge in [-0.1, -0.05) is 53.1 Å². The van der Waals surface area contributed by atoms with E-state index in [0.717, 1.165) is 5.01 Å². The number of hydrogen-bond acceptors (Lipinski definition) is 8. The first-order valence-corrected chi connectivity index (χ1v) is 15.5. The van der Waals surface area contributed by atoms with Gasteiger partial charge in [0.25, 0.3) is 11.8 Å². The lowest BCUT2D eigenvalue weighted by Gasteiger charge is -2.50. The molecule has 2 aliphatic heterocycles. The number of benzene rings is 3. The van der Waals surface area contributed by atoms with E-state index in [2.05, 4.69) is 10.7 Å². The molecule has 0 spiro atoms. The first-order chi connectivity index (χ1) is 22.1. The van der Waals surface area contributed by atoms with Crippen LogP contribution in [-0.2, 0) is 24.6 Å². The Hall–Kier alpha value is -4.54. The number of aromatic hydroxyl groups is 1. The molecule has 0 radical (unpaired) electrons. The van der Waals surface area contributed by atoms with E-state index in [1.54, 1.807) is 48.5 Å². The molecule has 3 aromatic rings. The molecule has 4 aliphatic rings. The molecule has 236 valence electrons. The molecule has 7 rings (SSSR count). The minimum Gasteiger partial charge on any atom is -0.508 e. The summed E-state index contributed by atoms with van der Waals surface area (Å²) in [5, 5.41) is 15.5. The number of nitrogens with zero attached hydrogens (tertiary/aromatic N) is 1. The predicted octanol–water partition coefficient (Wildman–Crippen LogP) is 4.99. The quantitative estimate of drug-likeness (QED) is 0.249. The lowest BCUT2D eigenvalue weighted by molar-refractivity contribution is -0.138. The number of anilines is 1. The molecule has 12 heteroatoms. The van der Waals surface area contributed by atoms with Gasteiger partial charge in [-0.15, -0.1) is 0 Å². The third-order valence-electron chi connectivity index (χ3n) is 9.97. The molecule has 3 aromatic carbocycles. The summed E-state index contributed by atoms with van der Waals surface area (Å²) < 4.78 is 10.8. The molecule has 46 heavy (non-hydrogen) atoms. The standard InChI is InChI=1S/C34H29Cl2N3O7/c1-45-18-6-3-16(4-7-18)34-24(32(43)39(33(34)44)38-26-12-5-17(35)13-25(26)36)15-23-20(10-11-22-28(23)31(42)37-30(22)41)29(34)21-9-8-19(46-2)14-27(21)40/h3-10,12-14,22-24,28-29,38,40H,11,15H2,1-2H3,(H,37,41,42). The first-order valence-electron chi connectivity index (χ1n) is 14.8. The zero-order chi connectivity index (χ0) is 32.5. The SMILES string of the molecule is COc1ccc(C23C(=O)N(Nc4ccc(Cl)cc4Cl)C(=O)C2CC2C(=CCC4C(=O)NC(=O)C42)C3c2ccc(OC)cc2O)cc1. The van der Waals surface area contributed by atoms with Crippen molar-refractivity contribution >= 4 is 52.5 Å². The average Bonchev–Trinajstić information content (AvgIpc) is 3.46. The van der Waals surface area contributed by atoms with Crippen LogP contribution in [0.3, 0.4) is 0 Å². The molecule has 0 aromatic heterocycles. The van der Waals surface area contributed by atoms with Crippen LogP contribution in [0.1, 0.15) is 29.9 Å². The summed E-state index contributed by atoms with van der Waals surface area (Å²) in [5.74, 6) is -4.80. The predicted molar refractivity (Wildman–Crippen MR) is 168 cm³/mol. The number of imide groups is 2. The summed E-state index contributed by atoms with van der Waals surface area (Å²) in [6, 6.07) is 16.4. The van der Waals surface area contributed by atoms with Gasteiger partial charge in [0.05, 0.1) is 48.1 Å². The number of allylic oxidation sites excluding steroid dienone is 2. The molecule has 1 saturated carbocycles. The number of carbonyl (C=O) groups is 4. The van der Waals surface area contributed by atoms with Gasteiger partial charge in [-0.2, -0.15) is 5.01 Å². The summed E-state index contributed by atoms with van der Waals surface area (Å²) in [5.41, 5.74) is 3.28. The van der Waals surface area contributed by atoms with E-state index in [-0.39, 0.29) is 35.2 Å². The van der Waals surface area contributed by atoms with Crippen molar-refractivity contribution in [3.63, 3.8) is 0 Å². The highest BCUT2D eigenvalue weighted by Crippen LogP contribution is 2.64. The second-order valence-corrected chi connectivity index (χ2v) is 12.8. The number of ether oxygens (including phenoxy) is 2. The highest BCUT2D eigenvalue weighted by molar-refractivity contribution is 6.36. The van der Waals surface area contributed by atoms with Crippen LogP contribution in [0.4, 0.5) is 5.69 Å². The molecule has 2 aliphatic carbocycles. The van der Waals surface area contributed by atoms with Crippen molar-refractivity contribution < 1.29 is 33.8 Å². The zero-order valence-electron chi connectivity index (χ0n) is 24.8. The number of hydrogen-bond donors (Lipinski definition) is 3. The fourth-order valence-corrected chi connectivity index (χ4v) is 8.44. The van der Waals surface area contributed by atoms with Crippen LogP contribution in [0.15, 0.2) is 72.3 Å². The van der Waals surface area contributed by atoms with Crippen molar-refractivity contribution in [2.75, 3.05) is 19.6 Å². The molecular weight excluding hydrogens is 633 g/mol. The largest absolute Gasteiger partial charge is 0.508 e. The zero-order valence-corrected chi connectivity index (χ0v) is 26.3. The Morgan fingerprint density at radius 2 is 1.63 bits per heavy atom. The van der Waals surface area contributed by atoms with Crippen molar-refractivity contribution in [2.45, 2.75) is 24.2 Å². The normalized spacial score (nSPS) is 28.2. The number of methoxy groups -OCH3 is 2. The van der Waals surface area contributed by atoms with Gasteiger partial charge < -0.3 is 14.6 Å². The van der Waals surface area contributed by atoms with Crippen LogP contribution in [0.25, 0.3) is 0 Å². The molecule has 10 nitrogen and oxygen atoms in total. The van der Waals surface area contributed by atoms with Crippen molar-refractivity contribution in [3.05, 3.63) is 93.5 Å². The lowest BCUT2D eigenvalue weighted by Crippen LogP contribution is -2.53. The van der Waals surface area contributed by atoms with Crippen LogP contribution in [0, 0.1) is 23.7 Å². The molecule has 6 unspecified atom stereocenters. The molecule has 2 heterocycles. The summed E-state index contributed by atoms with van der Waals surface area (Å²) >= 11 is 12.6. The summed E-state index contributed by atoms with van der Waals surface area (Å²) in [4.78, 5) is 55.7. The molecule has 6 atom stereocenters. The fraction of sp³-hybridized carbons (Fsp3) is 0.294. The third kappa shape index (κ3) is 4.30. The molecule has 3 fully saturated rings. The molecule has 4 amide bonds. The number of phenols is 1. The maximum absolute atomic E-state index is 15.1. The maximum Gasteiger partial charge on any atom is 0.260 e. The molecular formula is C34H29Cl2N3O7. The number of fused-ring (bicyclic) bond motifs is 4. The second kappa shape index (κ2) is 11.1. The Bertz CT molecular complexity index is 1840. The van der Waals surface area contributed by atoms with E-state index in [1.165, 1.54) is 26.4 Å². The third-order valence-corrected chi connectivity index (χ3v) is 10.5. The van der Waals surface area contributed by atoms with Gasteiger partial charge in [0.1, 0.15) is 17.2 Å². The van der Waals surface area contributed by atoms with Gasteiger partial charge in [0, 0.05) is 22.6 Å². The molecule has 2 saturated heterocycles. The van der Waals surface area contributed by atoms with Gasteiger partial charge in [-0.05, 0) is 60.7 Å². The van der Waals surface area contributed by atoms with E-state index in [9.17, 15) is 19.5 Å². The average molecular weight is 663 g/mol. The van der Waals surface area contributed by atoms with Gasteiger partial charge in [0.15, 0.2) is 0 Å². The Morgan fingerprint density at radius 1 is 0.913 bits per heavy atom. The highest BCUT2D eigenvalue weighted by Gasteiger charge is 2.70. The van der Waals surface area contributed by atoms with Crippen molar-refractivity contribution in [1.29, 1.82) is 0 Å². The Labute approximate surface area is 274 Å². The smallest absolute Gasteiger partial charge is 0.260 e. The van der Waals surface area contributed by atoms with Crippen molar-refractivity contribution in [3.8, 4) is 17.2 Å². The van der Waals surface area contributed by atoms with E-state index < -0.39 is 52.7 Å². The number of halogens is 2. The number of carbonyl (C=O) groups excluding carboxylic acids is 4. The first kappa shape index (κ1) is 30.1. The maximum atomic E-state index is 15.1. The summed E-state index contributed by atoms with van der Waals surface area (Å²) in [7, 11) is 3.01. The number of rotatable bonds is 6. The van der Waals surface area contributed by atoms with E-state index >= 15 is 4.79 Å². The van der Waals surface area contributed by atoms with E-state index in [0.29, 0.717) is 33.2 Å². The van der Waals surface area contributed by atoms with Gasteiger partial charge in [-0.3, -0.25) is 29.9 Å². The number of nitrogens with one attached hydrogen (secondary N) is 2. The Kier molecular flexibility index (Phi) is 7.25. The molecule has 0 bridgehead atoms. The number of hydrazine groups is 1. The van der Waals surface area contributed by atoms with Crippen LogP contribution >= 0.6 is 23.2 Å². The van der Waals surface area contributed by atoms with Crippen molar-refractivity contribution in [2.24, 2.45) is 23.7 Å². The number of phenolic OH excluding ortho intramolecular Hbond substituents is 1. The Balaban J connectivity index is 1.48. The number of amides is 4. The summed E-state index contributed by atoms with van der Waals surface area (Å²) in [6.45, 7) is 0. The van der Waals surface area contributed by atoms with Gasteiger partial charge in [-0.25, -0.2) is 0 Å². The van der Waals surface area contributed by atoms with Gasteiger partial charge in [0.2, 0.25) is 11.8 Å². The minimum absolute atomic E-state index is 0.115. The van der Waals surface area contributed by atoms with Crippen LogP contribution in [-0.4, -0.2) is 48.0 Å². The van der Waals surface area contributed by atoms with Crippen LogP contribution in [0.2, 0.25) is 10.0 Å². The second-order valence-electron chi connectivity index (χ2n) is 12.0. The van der Waals surface area contributed by atoms with Crippen LogP contribution in [0.5, 0.6) is 17.2 Å². The fourth-order valence-electron chi connectivity index (χ4n) is 7.99. The Morgan fingerprint density at radius 3 is 2.30 bits per heavy atom. The lowest BCUT2D eigenvalue weighted by atomic mass is 9.49. The van der Waals surface area contributed by atoms with Crippen molar-refractivity contribution in [1.82, 2.24) is 10.3 Å². The summed E-state index contributed by atoms with van der Waals surface area (Å²) in [6.07, 6.45) is 2.29. The van der Waals surface area contributed by atoms with Crippen LogP contribution < -0.4 is 20.2 Å².